The van der Waals surface area contributed by atoms with E-state index in [0.717, 1.165) is 35.3 Å². The lowest BCUT2D eigenvalue weighted by atomic mass is 10.2. The van der Waals surface area contributed by atoms with Crippen molar-refractivity contribution in [2.24, 2.45) is 0 Å². The molecule has 2 heterocycles. The van der Waals surface area contributed by atoms with Gasteiger partial charge >= 0.3 is 0 Å². The topological polar surface area (TPSA) is 73.2 Å². The maximum absolute atomic E-state index is 13.6. The minimum atomic E-state index is -0.247. The number of carbonyl (C=O) groups is 1. The first kappa shape index (κ1) is 22.0. The number of carbonyl (C=O) groups excluding carboxylic acids is 1. The number of nitrogens with zero attached hydrogens (tertiary/aromatic N) is 2. The fourth-order valence-electron chi connectivity index (χ4n) is 4.02. The Kier molecular flexibility index (Phi) is 6.14. The van der Waals surface area contributed by atoms with E-state index in [1.165, 1.54) is 23.7 Å². The van der Waals surface area contributed by atoms with Crippen LogP contribution in [-0.4, -0.2) is 28.3 Å². The van der Waals surface area contributed by atoms with Gasteiger partial charge in [-0.2, -0.15) is 0 Å². The first-order chi connectivity index (χ1) is 16.0. The molecule has 9 heteroatoms. The van der Waals surface area contributed by atoms with E-state index in [9.17, 15) is 9.59 Å². The molecule has 2 aromatic heterocycles. The predicted molar refractivity (Wildman–Crippen MR) is 135 cm³/mol. The highest BCUT2D eigenvalue weighted by atomic mass is 35.5. The second-order valence-electron chi connectivity index (χ2n) is 7.59. The van der Waals surface area contributed by atoms with Crippen molar-refractivity contribution in [3.63, 3.8) is 0 Å². The van der Waals surface area contributed by atoms with Gasteiger partial charge in [0.25, 0.3) is 5.56 Å². The van der Waals surface area contributed by atoms with Crippen LogP contribution in [0.4, 0.5) is 5.69 Å². The summed E-state index contributed by atoms with van der Waals surface area (Å²) >= 11 is 8.89. The molecule has 0 spiro atoms. The Bertz CT molecular complexity index is 1420. The van der Waals surface area contributed by atoms with Gasteiger partial charge in [0.15, 0.2) is 5.16 Å². The molecule has 168 valence electrons. The lowest BCUT2D eigenvalue weighted by Gasteiger charge is -2.13. The number of benzene rings is 2. The number of aryl methyl sites for hydroxylation is 2. The number of anilines is 1. The average Bonchev–Trinajstić information content (AvgIpc) is 3.39. The molecule has 0 radical (unpaired) electrons. The van der Waals surface area contributed by atoms with E-state index >= 15 is 0 Å². The van der Waals surface area contributed by atoms with Crippen LogP contribution in [-0.2, 0) is 17.6 Å². The van der Waals surface area contributed by atoms with Gasteiger partial charge in [-0.25, -0.2) is 4.98 Å². The molecule has 1 N–H and O–H groups in total. The Balaban J connectivity index is 1.48. The molecule has 1 aliphatic carbocycles. The third kappa shape index (κ3) is 4.26. The monoisotopic (exact) mass is 497 g/mol. The van der Waals surface area contributed by atoms with E-state index < -0.39 is 0 Å². The van der Waals surface area contributed by atoms with Crippen LogP contribution in [0.3, 0.4) is 0 Å². The van der Waals surface area contributed by atoms with E-state index in [1.54, 1.807) is 34.1 Å². The number of ether oxygens (including phenoxy) is 1. The quantitative estimate of drug-likeness (QED) is 0.288. The maximum atomic E-state index is 13.6. The van der Waals surface area contributed by atoms with Gasteiger partial charge in [0.2, 0.25) is 5.91 Å². The van der Waals surface area contributed by atoms with Gasteiger partial charge in [-0.1, -0.05) is 41.6 Å². The van der Waals surface area contributed by atoms with Crippen LogP contribution in [0.15, 0.2) is 58.5 Å². The summed E-state index contributed by atoms with van der Waals surface area (Å²) in [5, 5.41) is 4.54. The van der Waals surface area contributed by atoms with Crippen LogP contribution in [0.1, 0.15) is 16.9 Å². The first-order valence-corrected chi connectivity index (χ1v) is 12.6. The van der Waals surface area contributed by atoms with Gasteiger partial charge in [-0.3, -0.25) is 14.2 Å². The fraction of sp³-hybridized carbons (Fsp3) is 0.208. The molecule has 0 saturated heterocycles. The van der Waals surface area contributed by atoms with Gasteiger partial charge < -0.3 is 10.1 Å². The Morgan fingerprint density at radius 2 is 2.06 bits per heavy atom. The van der Waals surface area contributed by atoms with E-state index in [2.05, 4.69) is 5.32 Å². The molecule has 2 aromatic carbocycles. The zero-order valence-corrected chi connectivity index (χ0v) is 20.1. The molecular weight excluding hydrogens is 478 g/mol. The number of nitrogens with one attached hydrogen (secondary N) is 1. The zero-order chi connectivity index (χ0) is 22.9. The van der Waals surface area contributed by atoms with Crippen LogP contribution in [0, 0.1) is 0 Å². The molecule has 0 aliphatic heterocycles. The smallest absolute Gasteiger partial charge is 0.267 e. The van der Waals surface area contributed by atoms with E-state index in [0.29, 0.717) is 27.0 Å². The number of aromatic nitrogens is 2. The van der Waals surface area contributed by atoms with Gasteiger partial charge in [-0.05, 0) is 55.2 Å². The standard InChI is InChI=1S/C24H20ClN3O3S2/c1-31-18-11-10-14(25)12-17(18)26-20(29)13-32-24-27-22-21(16-8-5-9-19(16)33-22)23(30)28(24)15-6-3-2-4-7-15/h2-4,6-7,10-12H,5,8-9,13H2,1H3,(H,26,29). The SMILES string of the molecule is COc1ccc(Cl)cc1NC(=O)CSc1nc2sc3c(c2c(=O)n1-c1ccccc1)CCC3. The van der Waals surface area contributed by atoms with Crippen molar-refractivity contribution in [1.82, 2.24) is 9.55 Å². The second-order valence-corrected chi connectivity index (χ2v) is 10.1. The molecule has 33 heavy (non-hydrogen) atoms. The predicted octanol–water partition coefficient (Wildman–Crippen LogP) is 5.33. The summed E-state index contributed by atoms with van der Waals surface area (Å²) in [6.45, 7) is 0. The summed E-state index contributed by atoms with van der Waals surface area (Å²) in [6, 6.07) is 14.5. The van der Waals surface area contributed by atoms with Gasteiger partial charge in [-0.15, -0.1) is 11.3 Å². The highest BCUT2D eigenvalue weighted by Gasteiger charge is 2.24. The minimum absolute atomic E-state index is 0.0749. The summed E-state index contributed by atoms with van der Waals surface area (Å²) in [6.07, 6.45) is 2.98. The van der Waals surface area contributed by atoms with Crippen LogP contribution >= 0.6 is 34.7 Å². The van der Waals surface area contributed by atoms with Crippen LogP contribution in [0.25, 0.3) is 15.9 Å². The molecular formula is C24H20ClN3O3S2. The highest BCUT2D eigenvalue weighted by Crippen LogP contribution is 2.36. The Morgan fingerprint density at radius 3 is 2.85 bits per heavy atom. The summed E-state index contributed by atoms with van der Waals surface area (Å²) in [4.78, 5) is 33.2. The number of hydrogen-bond acceptors (Lipinski definition) is 6. The Hall–Kier alpha value is -2.81. The summed E-state index contributed by atoms with van der Waals surface area (Å²) in [5.74, 6) is 0.348. The largest absolute Gasteiger partial charge is 0.495 e. The second kappa shape index (κ2) is 9.21. The third-order valence-electron chi connectivity index (χ3n) is 5.49. The number of para-hydroxylation sites is 1. The van der Waals surface area contributed by atoms with Gasteiger partial charge in [0.1, 0.15) is 10.6 Å². The summed E-state index contributed by atoms with van der Waals surface area (Å²) < 4.78 is 6.91. The molecule has 5 rings (SSSR count). The molecule has 1 amide bonds. The summed E-state index contributed by atoms with van der Waals surface area (Å²) in [7, 11) is 1.53. The number of halogens is 1. The van der Waals surface area contributed by atoms with Crippen molar-refractivity contribution < 1.29 is 9.53 Å². The van der Waals surface area contributed by atoms with Crippen molar-refractivity contribution in [1.29, 1.82) is 0 Å². The number of hydrogen-bond donors (Lipinski definition) is 1. The number of methoxy groups -OCH3 is 1. The maximum Gasteiger partial charge on any atom is 0.267 e. The number of rotatable bonds is 6. The fourth-order valence-corrected chi connectivity index (χ4v) is 6.31. The number of fused-ring (bicyclic) bond motifs is 3. The molecule has 0 bridgehead atoms. The van der Waals surface area contributed by atoms with Crippen molar-refractivity contribution in [2.75, 3.05) is 18.2 Å². The molecule has 4 aromatic rings. The lowest BCUT2D eigenvalue weighted by molar-refractivity contribution is -0.113. The Labute approximate surface area is 203 Å². The normalized spacial score (nSPS) is 12.7. The van der Waals surface area contributed by atoms with E-state index in [1.807, 2.05) is 30.3 Å². The Morgan fingerprint density at radius 1 is 1.24 bits per heavy atom. The van der Waals surface area contributed by atoms with E-state index in [4.69, 9.17) is 21.3 Å². The highest BCUT2D eigenvalue weighted by molar-refractivity contribution is 7.99. The van der Waals surface area contributed by atoms with Crippen molar-refractivity contribution in [3.05, 3.63) is 74.3 Å². The first-order valence-electron chi connectivity index (χ1n) is 10.4. The third-order valence-corrected chi connectivity index (χ3v) is 7.85. The molecule has 0 atom stereocenters. The minimum Gasteiger partial charge on any atom is -0.495 e. The number of amides is 1. The van der Waals surface area contributed by atoms with Crippen LogP contribution in [0.5, 0.6) is 5.75 Å². The van der Waals surface area contributed by atoms with E-state index in [-0.39, 0.29) is 17.2 Å². The lowest BCUT2D eigenvalue weighted by Crippen LogP contribution is -2.23. The van der Waals surface area contributed by atoms with Crippen molar-refractivity contribution >= 4 is 56.5 Å². The molecule has 0 saturated carbocycles. The molecule has 1 aliphatic rings. The number of thioether (sulfide) groups is 1. The van der Waals surface area contributed by atoms with Crippen LogP contribution in [0.2, 0.25) is 5.02 Å². The number of thiophene rings is 1. The van der Waals surface area contributed by atoms with Gasteiger partial charge in [0.05, 0.1) is 29.6 Å². The van der Waals surface area contributed by atoms with Crippen LogP contribution < -0.4 is 15.6 Å². The molecule has 0 unspecified atom stereocenters. The zero-order valence-electron chi connectivity index (χ0n) is 17.8. The molecule has 0 fully saturated rings. The molecule has 6 nitrogen and oxygen atoms in total. The van der Waals surface area contributed by atoms with Crippen molar-refractivity contribution in [2.45, 2.75) is 24.4 Å². The van der Waals surface area contributed by atoms with Gasteiger partial charge in [0, 0.05) is 9.90 Å². The summed E-state index contributed by atoms with van der Waals surface area (Å²) in [5.41, 5.74) is 2.29. The van der Waals surface area contributed by atoms with Crippen molar-refractivity contribution in [3.8, 4) is 11.4 Å². The average molecular weight is 498 g/mol.